The third-order valence-corrected chi connectivity index (χ3v) is 3.17. The zero-order chi connectivity index (χ0) is 16.1. The molecule has 2 aromatic carbocycles. The molecule has 22 heavy (non-hydrogen) atoms. The zero-order valence-corrected chi connectivity index (χ0v) is 11.6. The molecular weight excluding hydrogens is 290 g/mol. The molecule has 0 saturated heterocycles. The Labute approximate surface area is 126 Å². The van der Waals surface area contributed by atoms with Gasteiger partial charge in [-0.25, -0.2) is 9.18 Å². The van der Waals surface area contributed by atoms with E-state index < -0.39 is 32.0 Å². The van der Waals surface area contributed by atoms with Crippen LogP contribution in [0.5, 0.6) is 5.75 Å². The molecule has 0 aliphatic carbocycles. The number of hydrogen-bond acceptors (Lipinski definition) is 4. The summed E-state index contributed by atoms with van der Waals surface area (Å²) < 4.78 is 19.2. The highest BCUT2D eigenvalue weighted by Crippen LogP contribution is 2.25. The summed E-state index contributed by atoms with van der Waals surface area (Å²) in [6.07, 6.45) is -1.37. The van der Waals surface area contributed by atoms with Gasteiger partial charge < -0.3 is 20.0 Å². The standard InChI is InChI=1S/C15H14BFO5/c17-12-6-10(8-18)11(16-21)7-13(12)22-14(15(19)20)9-4-2-1-3-5-9/h1-7,14,16,18,21H,8H2,(H,19,20). The van der Waals surface area contributed by atoms with E-state index in [-0.39, 0.29) is 16.8 Å². The van der Waals surface area contributed by atoms with E-state index in [4.69, 9.17) is 9.84 Å². The average molecular weight is 304 g/mol. The van der Waals surface area contributed by atoms with Crippen molar-refractivity contribution >= 4 is 18.9 Å². The predicted molar refractivity (Wildman–Crippen MR) is 78.8 cm³/mol. The van der Waals surface area contributed by atoms with E-state index in [2.05, 4.69) is 0 Å². The second kappa shape index (κ2) is 7.06. The van der Waals surface area contributed by atoms with E-state index in [0.717, 1.165) is 6.07 Å². The van der Waals surface area contributed by atoms with E-state index in [9.17, 15) is 19.3 Å². The number of ether oxygens (including phenoxy) is 1. The van der Waals surface area contributed by atoms with Gasteiger partial charge in [0.25, 0.3) is 0 Å². The number of carboxylic acid groups (broad SMARTS) is 1. The molecule has 1 unspecified atom stereocenters. The lowest BCUT2D eigenvalue weighted by molar-refractivity contribution is -0.145. The zero-order valence-electron chi connectivity index (χ0n) is 11.6. The number of rotatable bonds is 6. The van der Waals surface area contributed by atoms with E-state index >= 15 is 0 Å². The van der Waals surface area contributed by atoms with Crippen LogP contribution in [0.1, 0.15) is 17.2 Å². The quantitative estimate of drug-likeness (QED) is 0.676. The number of halogens is 1. The van der Waals surface area contributed by atoms with Gasteiger partial charge in [0.15, 0.2) is 11.6 Å². The first kappa shape index (κ1) is 16.0. The van der Waals surface area contributed by atoms with Crippen molar-refractivity contribution in [3.05, 3.63) is 59.4 Å². The third kappa shape index (κ3) is 3.44. The van der Waals surface area contributed by atoms with Crippen LogP contribution in [-0.4, -0.2) is 28.7 Å². The van der Waals surface area contributed by atoms with Crippen LogP contribution in [0.15, 0.2) is 42.5 Å². The topological polar surface area (TPSA) is 87.0 Å². The molecular formula is C15H14BFO5. The molecule has 0 fully saturated rings. The van der Waals surface area contributed by atoms with Gasteiger partial charge in [-0.05, 0) is 23.2 Å². The summed E-state index contributed by atoms with van der Waals surface area (Å²) >= 11 is 0. The predicted octanol–water partition coefficient (Wildman–Crippen LogP) is 0.492. The van der Waals surface area contributed by atoms with Crippen molar-refractivity contribution in [2.24, 2.45) is 0 Å². The normalized spacial score (nSPS) is 11.8. The van der Waals surface area contributed by atoms with E-state index in [0.29, 0.717) is 5.56 Å². The second-order valence-electron chi connectivity index (χ2n) is 4.61. The summed E-state index contributed by atoms with van der Waals surface area (Å²) in [6.45, 7) is -0.436. The van der Waals surface area contributed by atoms with Crippen molar-refractivity contribution < 1.29 is 29.2 Å². The molecule has 0 bridgehead atoms. The first-order chi connectivity index (χ1) is 10.6. The SMILES string of the molecule is O=C(O)C(Oc1cc(BO)c(CO)cc1F)c1ccccc1. The molecule has 2 rings (SSSR count). The van der Waals surface area contributed by atoms with Crippen molar-refractivity contribution in [2.45, 2.75) is 12.7 Å². The fraction of sp³-hybridized carbons (Fsp3) is 0.133. The largest absolute Gasteiger partial charge is 0.478 e. The van der Waals surface area contributed by atoms with Crippen LogP contribution in [-0.2, 0) is 11.4 Å². The van der Waals surface area contributed by atoms with Gasteiger partial charge in [-0.1, -0.05) is 30.3 Å². The maximum Gasteiger partial charge on any atom is 0.349 e. The summed E-state index contributed by atoms with van der Waals surface area (Å²) in [4.78, 5) is 11.4. The lowest BCUT2D eigenvalue weighted by Crippen LogP contribution is -2.23. The van der Waals surface area contributed by atoms with Gasteiger partial charge in [0, 0.05) is 5.56 Å². The molecule has 2 aromatic rings. The third-order valence-electron chi connectivity index (χ3n) is 3.17. The first-order valence-electron chi connectivity index (χ1n) is 6.54. The number of aliphatic hydroxyl groups excluding tert-OH is 1. The van der Waals surface area contributed by atoms with Crippen molar-refractivity contribution in [1.82, 2.24) is 0 Å². The summed E-state index contributed by atoms with van der Waals surface area (Å²) in [7, 11) is -0.421. The Morgan fingerprint density at radius 3 is 2.50 bits per heavy atom. The highest BCUT2D eigenvalue weighted by molar-refractivity contribution is 6.46. The molecule has 0 aliphatic heterocycles. The monoisotopic (exact) mass is 304 g/mol. The highest BCUT2D eigenvalue weighted by Gasteiger charge is 2.23. The lowest BCUT2D eigenvalue weighted by Gasteiger charge is -2.17. The van der Waals surface area contributed by atoms with E-state index in [1.165, 1.54) is 6.07 Å². The van der Waals surface area contributed by atoms with Crippen molar-refractivity contribution in [2.75, 3.05) is 0 Å². The fourth-order valence-electron chi connectivity index (χ4n) is 2.04. The van der Waals surface area contributed by atoms with Crippen LogP contribution >= 0.6 is 0 Å². The van der Waals surface area contributed by atoms with E-state index in [1.807, 2.05) is 0 Å². The first-order valence-corrected chi connectivity index (χ1v) is 6.54. The molecule has 0 aromatic heterocycles. The molecule has 0 spiro atoms. The van der Waals surface area contributed by atoms with Gasteiger partial charge in [0.2, 0.25) is 6.10 Å². The van der Waals surface area contributed by atoms with Gasteiger partial charge in [-0.2, -0.15) is 0 Å². The summed E-state index contributed by atoms with van der Waals surface area (Å²) in [5.41, 5.74) is 0.862. The average Bonchev–Trinajstić information content (AvgIpc) is 2.53. The summed E-state index contributed by atoms with van der Waals surface area (Å²) in [6, 6.07) is 10.4. The smallest absolute Gasteiger partial charge is 0.349 e. The van der Waals surface area contributed by atoms with Gasteiger partial charge in [-0.3, -0.25) is 0 Å². The Balaban J connectivity index is 2.37. The Morgan fingerprint density at radius 2 is 1.95 bits per heavy atom. The molecule has 0 heterocycles. The molecule has 7 heteroatoms. The summed E-state index contributed by atoms with van der Waals surface area (Å²) in [5, 5.41) is 27.6. The number of carbonyl (C=O) groups is 1. The minimum absolute atomic E-state index is 0.221. The molecule has 114 valence electrons. The van der Waals surface area contributed by atoms with Crippen molar-refractivity contribution in [1.29, 1.82) is 0 Å². The number of aliphatic hydroxyl groups is 1. The molecule has 1 atom stereocenters. The Kier molecular flexibility index (Phi) is 5.14. The molecule has 5 nitrogen and oxygen atoms in total. The molecule has 0 radical (unpaired) electrons. The maximum absolute atomic E-state index is 14.0. The van der Waals surface area contributed by atoms with Crippen LogP contribution < -0.4 is 10.2 Å². The lowest BCUT2D eigenvalue weighted by atomic mass is 9.84. The number of benzene rings is 2. The van der Waals surface area contributed by atoms with Crippen molar-refractivity contribution in [3.63, 3.8) is 0 Å². The maximum atomic E-state index is 14.0. The van der Waals surface area contributed by atoms with Gasteiger partial charge in [-0.15, -0.1) is 0 Å². The van der Waals surface area contributed by atoms with Crippen LogP contribution in [0, 0.1) is 5.82 Å². The highest BCUT2D eigenvalue weighted by atomic mass is 19.1. The summed E-state index contributed by atoms with van der Waals surface area (Å²) in [5.74, 6) is -2.36. The fourth-order valence-corrected chi connectivity index (χ4v) is 2.04. The molecule has 0 amide bonds. The Morgan fingerprint density at radius 1 is 1.27 bits per heavy atom. The molecule has 0 aliphatic rings. The number of hydrogen-bond donors (Lipinski definition) is 3. The second-order valence-corrected chi connectivity index (χ2v) is 4.61. The van der Waals surface area contributed by atoms with Crippen LogP contribution in [0.25, 0.3) is 0 Å². The minimum atomic E-state index is -1.37. The van der Waals surface area contributed by atoms with Crippen LogP contribution in [0.4, 0.5) is 4.39 Å². The molecule has 3 N–H and O–H groups in total. The Bertz CT molecular complexity index is 662. The molecule has 0 saturated carbocycles. The van der Waals surface area contributed by atoms with Crippen molar-refractivity contribution in [3.8, 4) is 5.75 Å². The van der Waals surface area contributed by atoms with Gasteiger partial charge >= 0.3 is 13.5 Å². The van der Waals surface area contributed by atoms with Crippen LogP contribution in [0.2, 0.25) is 0 Å². The Hall–Kier alpha value is -2.38. The van der Waals surface area contributed by atoms with E-state index in [1.54, 1.807) is 30.3 Å². The number of carboxylic acids is 1. The van der Waals surface area contributed by atoms with Crippen LogP contribution in [0.3, 0.4) is 0 Å². The minimum Gasteiger partial charge on any atom is -0.478 e. The van der Waals surface area contributed by atoms with Gasteiger partial charge in [0.1, 0.15) is 0 Å². The van der Waals surface area contributed by atoms with Gasteiger partial charge in [0.05, 0.1) is 6.61 Å². The number of aliphatic carboxylic acids is 1.